The van der Waals surface area contributed by atoms with Crippen LogP contribution in [0.3, 0.4) is 0 Å². The van der Waals surface area contributed by atoms with Gasteiger partial charge in [-0.3, -0.25) is 4.57 Å². The third-order valence-corrected chi connectivity index (χ3v) is 9.59. The highest BCUT2D eigenvalue weighted by atomic mass is 16.3. The molecule has 0 saturated carbocycles. The summed E-state index contributed by atoms with van der Waals surface area (Å²) in [6.07, 6.45) is -1.79. The molecule has 0 fully saturated rings. The lowest BCUT2D eigenvalue weighted by Crippen LogP contribution is -2.10. The number of fused-ring (bicyclic) bond motifs is 4. The van der Waals surface area contributed by atoms with Gasteiger partial charge in [0.1, 0.15) is 17.0 Å². The smallest absolute Gasteiger partial charge is 0.149 e. The predicted molar refractivity (Wildman–Crippen MR) is 221 cm³/mol. The molecular formula is C49H45N3O. The molecule has 2 aromatic heterocycles. The highest BCUT2D eigenvalue weighted by Crippen LogP contribution is 2.43. The molecular weight excluding hydrogens is 647 g/mol. The highest BCUT2D eigenvalue weighted by Gasteiger charge is 2.25. The van der Waals surface area contributed by atoms with Crippen LogP contribution in [0.15, 0.2) is 126 Å². The van der Waals surface area contributed by atoms with Gasteiger partial charge in [0.15, 0.2) is 0 Å². The summed E-state index contributed by atoms with van der Waals surface area (Å²) in [7, 11) is 0. The van der Waals surface area contributed by atoms with Crippen LogP contribution in [0.2, 0.25) is 0 Å². The van der Waals surface area contributed by atoms with Gasteiger partial charge in [-0.25, -0.2) is 4.98 Å². The van der Waals surface area contributed by atoms with Crippen LogP contribution < -0.4 is 0 Å². The van der Waals surface area contributed by atoms with Crippen LogP contribution in [0.5, 0.6) is 0 Å². The summed E-state index contributed by atoms with van der Waals surface area (Å²) in [6.45, 7) is 12.6. The predicted octanol–water partition coefficient (Wildman–Crippen LogP) is 13.6. The number of furan rings is 1. The van der Waals surface area contributed by atoms with Gasteiger partial charge in [-0.15, -0.1) is 0 Å². The fourth-order valence-corrected chi connectivity index (χ4v) is 7.19. The van der Waals surface area contributed by atoms with E-state index in [0.29, 0.717) is 56.0 Å². The summed E-state index contributed by atoms with van der Waals surface area (Å²) in [4.78, 5) is 5.23. The minimum Gasteiger partial charge on any atom is -0.455 e. The van der Waals surface area contributed by atoms with E-state index >= 15 is 0 Å². The van der Waals surface area contributed by atoms with Gasteiger partial charge in [-0.1, -0.05) is 115 Å². The largest absolute Gasteiger partial charge is 0.455 e. The zero-order chi connectivity index (χ0) is 42.4. The van der Waals surface area contributed by atoms with Gasteiger partial charge in [0, 0.05) is 16.3 Å². The molecule has 262 valence electrons. The van der Waals surface area contributed by atoms with Gasteiger partial charge in [-0.05, 0) is 117 Å². The average molecular weight is 698 g/mol. The lowest BCUT2D eigenvalue weighted by molar-refractivity contribution is 0.411. The van der Waals surface area contributed by atoms with Crippen LogP contribution in [0.25, 0.3) is 72.3 Å². The van der Waals surface area contributed by atoms with Crippen molar-refractivity contribution < 1.29 is 12.6 Å². The van der Waals surface area contributed by atoms with Crippen LogP contribution in [0.1, 0.15) is 90.7 Å². The molecule has 4 heteroatoms. The molecule has 0 saturated heterocycles. The molecule has 0 radical (unpaired) electrons. The number of para-hydroxylation sites is 3. The Balaban J connectivity index is 1.40. The van der Waals surface area contributed by atoms with Gasteiger partial charge >= 0.3 is 0 Å². The molecule has 0 atom stereocenters. The van der Waals surface area contributed by atoms with Crippen molar-refractivity contribution in [2.24, 2.45) is 5.41 Å². The van der Waals surface area contributed by atoms with Crippen molar-refractivity contribution in [2.45, 2.75) is 66.6 Å². The minimum absolute atomic E-state index is 0.00195. The third-order valence-electron chi connectivity index (χ3n) is 9.59. The molecule has 0 amide bonds. The normalized spacial score (nSPS) is 14.4. The maximum Gasteiger partial charge on any atom is 0.149 e. The van der Waals surface area contributed by atoms with Gasteiger partial charge in [0.05, 0.1) is 36.7 Å². The highest BCUT2D eigenvalue weighted by molar-refractivity contribution is 6.10. The Morgan fingerprint density at radius 2 is 1.47 bits per heavy atom. The van der Waals surface area contributed by atoms with Crippen LogP contribution in [-0.2, 0) is 6.37 Å². The van der Waals surface area contributed by atoms with Crippen molar-refractivity contribution in [2.75, 3.05) is 0 Å². The number of aromatic nitrogens is 2. The van der Waals surface area contributed by atoms with Crippen LogP contribution in [0, 0.1) is 16.7 Å². The SMILES string of the molecule is [2H]c1cc(C([2H])([2H])C(C)(C)C)cc([2H])c1-c1cc(C([2H])(C)C)c(-n2c(-c3cccc4c3oc3cc(-c5cccc(C#N)c5)ccc34)nc3ccccc32)c(C([2H])(C)C)c1. The molecule has 0 aliphatic carbocycles. The lowest BCUT2D eigenvalue weighted by atomic mass is 9.86. The van der Waals surface area contributed by atoms with E-state index in [9.17, 15) is 8.00 Å². The second kappa shape index (κ2) is 13.2. The van der Waals surface area contributed by atoms with Crippen LogP contribution >= 0.6 is 0 Å². The number of imidazole rings is 1. The Hall–Kier alpha value is -5.92. The monoisotopic (exact) mass is 697 g/mol. The Bertz CT molecular complexity index is 2960. The van der Waals surface area contributed by atoms with E-state index < -0.39 is 23.6 Å². The van der Waals surface area contributed by atoms with Gasteiger partial charge in [0.25, 0.3) is 0 Å². The topological polar surface area (TPSA) is 54.8 Å². The third kappa shape index (κ3) is 6.31. The summed E-state index contributed by atoms with van der Waals surface area (Å²) < 4.78 is 64.0. The van der Waals surface area contributed by atoms with E-state index in [0.717, 1.165) is 33.0 Å². The number of benzene rings is 6. The maximum atomic E-state index is 9.60. The molecule has 0 spiro atoms. The first-order valence-corrected chi connectivity index (χ1v) is 17.9. The van der Waals surface area contributed by atoms with Crippen molar-refractivity contribution in [1.82, 2.24) is 9.55 Å². The summed E-state index contributed by atoms with van der Waals surface area (Å²) in [5.41, 5.74) is 7.99. The molecule has 0 aliphatic rings. The molecule has 0 aliphatic heterocycles. The summed E-state index contributed by atoms with van der Waals surface area (Å²) >= 11 is 0. The lowest BCUT2D eigenvalue weighted by Gasteiger charge is -2.24. The minimum atomic E-state index is -1.79. The Labute approximate surface area is 320 Å². The first-order valence-electron chi connectivity index (χ1n) is 20.9. The molecule has 4 nitrogen and oxygen atoms in total. The molecule has 8 aromatic rings. The number of nitrogens with zero attached hydrogens (tertiary/aromatic N) is 3. The number of hydrogen-bond donors (Lipinski definition) is 0. The van der Waals surface area contributed by atoms with Crippen molar-refractivity contribution >= 4 is 33.0 Å². The zero-order valence-electron chi connectivity index (χ0n) is 37.1. The van der Waals surface area contributed by atoms with Crippen molar-refractivity contribution in [3.05, 3.63) is 144 Å². The Morgan fingerprint density at radius 3 is 2.17 bits per heavy atom. The quantitative estimate of drug-likeness (QED) is 0.167. The number of rotatable bonds is 7. The summed E-state index contributed by atoms with van der Waals surface area (Å²) in [5.74, 6) is -1.89. The Morgan fingerprint density at radius 1 is 0.774 bits per heavy atom. The molecule has 0 bridgehead atoms. The molecule has 2 heterocycles. The second-order valence-electron chi connectivity index (χ2n) is 15.2. The van der Waals surface area contributed by atoms with E-state index in [2.05, 4.69) is 6.07 Å². The first kappa shape index (κ1) is 27.7. The van der Waals surface area contributed by atoms with Gasteiger partial charge in [-0.2, -0.15) is 5.26 Å². The fraction of sp³-hybridized carbons (Fsp3) is 0.224. The van der Waals surface area contributed by atoms with Crippen molar-refractivity contribution in [1.29, 1.82) is 5.26 Å². The fourth-order valence-electron chi connectivity index (χ4n) is 7.19. The van der Waals surface area contributed by atoms with Crippen molar-refractivity contribution in [3.63, 3.8) is 0 Å². The summed E-state index contributed by atoms with van der Waals surface area (Å²) in [6, 6.07) is 36.2. The van der Waals surface area contributed by atoms with E-state index in [4.69, 9.17) is 14.9 Å². The van der Waals surface area contributed by atoms with E-state index in [1.165, 1.54) is 12.1 Å². The Kier molecular flexibility index (Phi) is 6.92. The average Bonchev–Trinajstić information content (AvgIpc) is 3.74. The second-order valence-corrected chi connectivity index (χ2v) is 15.2. The maximum absolute atomic E-state index is 9.60. The first-order chi connectivity index (χ1) is 27.7. The molecule has 53 heavy (non-hydrogen) atoms. The zero-order valence-corrected chi connectivity index (χ0v) is 31.1. The van der Waals surface area contributed by atoms with Gasteiger partial charge < -0.3 is 4.42 Å². The number of hydrogen-bond acceptors (Lipinski definition) is 3. The molecule has 6 aromatic carbocycles. The van der Waals surface area contributed by atoms with E-state index in [-0.39, 0.29) is 17.6 Å². The van der Waals surface area contributed by atoms with Crippen molar-refractivity contribution in [3.8, 4) is 45.4 Å². The number of nitriles is 1. The standard InChI is InChI=1S/C49H45N3O/c1-30(2)41-25-37(34-20-18-32(19-21-34)28-49(5,6)7)26-42(31(3)4)46(41)52-44-17-9-8-16-43(44)51-48(52)40-15-11-14-39-38-23-22-36(27-45(38)53-47(39)40)35-13-10-12-33(24-35)29-50/h8-27,30-31H,28H2,1-7H3/i20D,21D,28D2,30D,31D. The van der Waals surface area contributed by atoms with E-state index in [1.807, 2.05) is 95.6 Å². The van der Waals surface area contributed by atoms with Gasteiger partial charge in [0.2, 0.25) is 0 Å². The van der Waals surface area contributed by atoms with Crippen LogP contribution in [-0.4, -0.2) is 9.55 Å². The van der Waals surface area contributed by atoms with E-state index in [1.54, 1.807) is 54.5 Å². The van der Waals surface area contributed by atoms with Crippen LogP contribution in [0.4, 0.5) is 0 Å². The molecule has 0 unspecified atom stereocenters. The molecule has 0 N–H and O–H groups in total. The summed E-state index contributed by atoms with van der Waals surface area (Å²) in [5, 5.41) is 11.3. The molecule has 8 rings (SSSR count).